The van der Waals surface area contributed by atoms with Gasteiger partial charge in [0.25, 0.3) is 0 Å². The molecule has 1 heterocycles. The molecule has 0 bridgehead atoms. The highest BCUT2D eigenvalue weighted by Gasteiger charge is 2.64. The Morgan fingerprint density at radius 2 is 1.49 bits per heavy atom. The fourth-order valence-electron chi connectivity index (χ4n) is 11.1. The highest BCUT2D eigenvalue weighted by atomic mass is 16.5. The third-order valence-corrected chi connectivity index (χ3v) is 13.0. The first kappa shape index (κ1) is 27.4. The van der Waals surface area contributed by atoms with Crippen LogP contribution in [0.25, 0.3) is 0 Å². The van der Waals surface area contributed by atoms with Crippen LogP contribution < -0.4 is 0 Å². The molecular formula is C38H48O3. The highest BCUT2D eigenvalue weighted by molar-refractivity contribution is 5.66. The summed E-state index contributed by atoms with van der Waals surface area (Å²) in [7, 11) is 0. The van der Waals surface area contributed by atoms with Crippen LogP contribution in [0.4, 0.5) is 0 Å². The lowest BCUT2D eigenvalue weighted by Gasteiger charge is -2.59. The molecule has 218 valence electrons. The minimum absolute atomic E-state index is 0.0713. The Hall–Kier alpha value is -2.39. The van der Waals surface area contributed by atoms with Crippen molar-refractivity contribution in [2.45, 2.75) is 109 Å². The number of benzene rings is 2. The second-order valence-corrected chi connectivity index (χ2v) is 14.9. The van der Waals surface area contributed by atoms with Crippen LogP contribution in [0.2, 0.25) is 0 Å². The van der Waals surface area contributed by atoms with E-state index in [2.05, 4.69) is 87.5 Å². The van der Waals surface area contributed by atoms with Crippen LogP contribution in [0.15, 0.2) is 72.3 Å². The molecule has 1 saturated heterocycles. The highest BCUT2D eigenvalue weighted by Crippen LogP contribution is 2.69. The van der Waals surface area contributed by atoms with Gasteiger partial charge in [0.15, 0.2) is 0 Å². The standard InChI is InChI=1S/C38H48O3/c1-26(39)40-30-19-21-35(2)29(25-30)15-16-31-32-17-18-34(36(32,3)22-20-33(31)35)37(4)23-24-38(41-37,27-11-7-5-8-12-27)28-13-9-6-10-14-28/h5-15,30-34H,16-25H2,1-4H3. The predicted octanol–water partition coefficient (Wildman–Crippen LogP) is 9.01. The molecule has 3 heteroatoms. The van der Waals surface area contributed by atoms with Gasteiger partial charge in [-0.25, -0.2) is 0 Å². The van der Waals surface area contributed by atoms with Gasteiger partial charge < -0.3 is 9.47 Å². The van der Waals surface area contributed by atoms with Gasteiger partial charge in [0.05, 0.1) is 5.60 Å². The summed E-state index contributed by atoms with van der Waals surface area (Å²) in [6.45, 7) is 9.20. The van der Waals surface area contributed by atoms with Gasteiger partial charge in [-0.2, -0.15) is 0 Å². The lowest BCUT2D eigenvalue weighted by Crippen LogP contribution is -2.53. The average Bonchev–Trinajstić information content (AvgIpc) is 3.53. The number of allylic oxidation sites excluding steroid dienone is 1. The van der Waals surface area contributed by atoms with Crippen LogP contribution in [0.5, 0.6) is 0 Å². The molecule has 0 radical (unpaired) electrons. The minimum atomic E-state index is -0.376. The minimum Gasteiger partial charge on any atom is -0.462 e. The summed E-state index contributed by atoms with van der Waals surface area (Å²) < 4.78 is 13.2. The van der Waals surface area contributed by atoms with E-state index in [1.54, 1.807) is 12.5 Å². The van der Waals surface area contributed by atoms with E-state index in [0.29, 0.717) is 11.3 Å². The maximum atomic E-state index is 11.7. The molecule has 3 saturated carbocycles. The number of esters is 1. The Bertz CT molecular complexity index is 1280. The summed E-state index contributed by atoms with van der Waals surface area (Å²) >= 11 is 0. The van der Waals surface area contributed by atoms with E-state index in [9.17, 15) is 4.79 Å². The first-order valence-electron chi connectivity index (χ1n) is 16.4. The SMILES string of the molecule is CC(=O)OC1CCC2(C)C(=CCC3C2CCC2(C)C3CCC2C2(C)CCC(c3ccccc3)(c3ccccc3)O2)C1. The van der Waals surface area contributed by atoms with Crippen LogP contribution in [0.3, 0.4) is 0 Å². The zero-order valence-corrected chi connectivity index (χ0v) is 25.5. The zero-order valence-electron chi connectivity index (χ0n) is 25.5. The fraction of sp³-hybridized carbons (Fsp3) is 0.605. The van der Waals surface area contributed by atoms with E-state index in [0.717, 1.165) is 49.9 Å². The van der Waals surface area contributed by atoms with Crippen molar-refractivity contribution in [1.29, 1.82) is 0 Å². The van der Waals surface area contributed by atoms with E-state index in [1.807, 2.05) is 0 Å². The summed E-state index contributed by atoms with van der Waals surface area (Å²) in [6, 6.07) is 22.0. The molecule has 3 nitrogen and oxygen atoms in total. The summed E-state index contributed by atoms with van der Waals surface area (Å²) in [5.41, 5.74) is 4.24. The van der Waals surface area contributed by atoms with E-state index in [4.69, 9.17) is 9.47 Å². The average molecular weight is 553 g/mol. The predicted molar refractivity (Wildman–Crippen MR) is 163 cm³/mol. The van der Waals surface area contributed by atoms with Crippen molar-refractivity contribution in [3.8, 4) is 0 Å². The summed E-state index contributed by atoms with van der Waals surface area (Å²) in [4.78, 5) is 11.7. The largest absolute Gasteiger partial charge is 0.462 e. The Morgan fingerprint density at radius 3 is 2.15 bits per heavy atom. The van der Waals surface area contributed by atoms with E-state index >= 15 is 0 Å². The number of carbonyl (C=O) groups excluding carboxylic acids is 1. The molecule has 0 N–H and O–H groups in total. The third kappa shape index (κ3) is 4.20. The lowest BCUT2D eigenvalue weighted by atomic mass is 9.46. The number of fused-ring (bicyclic) bond motifs is 5. The third-order valence-electron chi connectivity index (χ3n) is 13.0. The fourth-order valence-corrected chi connectivity index (χ4v) is 11.1. The van der Waals surface area contributed by atoms with Crippen LogP contribution in [0, 0.1) is 34.5 Å². The van der Waals surface area contributed by atoms with Crippen molar-refractivity contribution in [2.24, 2.45) is 34.5 Å². The molecule has 8 atom stereocenters. The molecule has 41 heavy (non-hydrogen) atoms. The van der Waals surface area contributed by atoms with Crippen LogP contribution in [-0.4, -0.2) is 17.7 Å². The summed E-state index contributed by atoms with van der Waals surface area (Å²) in [5, 5.41) is 0. The quantitative estimate of drug-likeness (QED) is 0.280. The summed E-state index contributed by atoms with van der Waals surface area (Å²) in [5.74, 6) is 2.71. The molecular weight excluding hydrogens is 504 g/mol. The lowest BCUT2D eigenvalue weighted by molar-refractivity contribution is -0.153. The molecule has 0 spiro atoms. The number of hydrogen-bond donors (Lipinski definition) is 0. The first-order valence-corrected chi connectivity index (χ1v) is 16.4. The second kappa shape index (κ2) is 9.83. The van der Waals surface area contributed by atoms with Crippen LogP contribution >= 0.6 is 0 Å². The van der Waals surface area contributed by atoms with E-state index in [1.165, 1.54) is 43.2 Å². The smallest absolute Gasteiger partial charge is 0.302 e. The van der Waals surface area contributed by atoms with Gasteiger partial charge >= 0.3 is 5.97 Å². The van der Waals surface area contributed by atoms with Crippen LogP contribution in [-0.2, 0) is 19.9 Å². The Balaban J connectivity index is 1.17. The number of carbonyl (C=O) groups is 1. The maximum Gasteiger partial charge on any atom is 0.302 e. The molecule has 0 amide bonds. The first-order chi connectivity index (χ1) is 19.7. The van der Waals surface area contributed by atoms with Crippen molar-refractivity contribution in [2.75, 3.05) is 0 Å². The Morgan fingerprint density at radius 1 is 0.805 bits per heavy atom. The maximum absolute atomic E-state index is 11.7. The molecule has 5 aliphatic rings. The zero-order chi connectivity index (χ0) is 28.5. The second-order valence-electron chi connectivity index (χ2n) is 14.9. The van der Waals surface area contributed by atoms with Crippen molar-refractivity contribution >= 4 is 5.97 Å². The molecule has 1 aliphatic heterocycles. The van der Waals surface area contributed by atoms with Gasteiger partial charge in [0.2, 0.25) is 0 Å². The molecule has 2 aromatic carbocycles. The topological polar surface area (TPSA) is 35.5 Å². The normalized spacial score (nSPS) is 41.1. The molecule has 4 fully saturated rings. The molecule has 0 aromatic heterocycles. The monoisotopic (exact) mass is 552 g/mol. The van der Waals surface area contributed by atoms with Gasteiger partial charge in [0, 0.05) is 13.3 Å². The Kier molecular flexibility index (Phi) is 6.58. The molecule has 4 aliphatic carbocycles. The van der Waals surface area contributed by atoms with Gasteiger partial charge in [-0.1, -0.05) is 86.2 Å². The summed E-state index contributed by atoms with van der Waals surface area (Å²) in [6.07, 6.45) is 14.3. The van der Waals surface area contributed by atoms with Gasteiger partial charge in [-0.3, -0.25) is 4.79 Å². The van der Waals surface area contributed by atoms with Crippen molar-refractivity contribution in [3.05, 3.63) is 83.4 Å². The number of ether oxygens (including phenoxy) is 2. The molecule has 7 rings (SSSR count). The van der Waals surface area contributed by atoms with Crippen LogP contribution in [0.1, 0.15) is 103 Å². The number of hydrogen-bond acceptors (Lipinski definition) is 3. The molecule has 8 unspecified atom stereocenters. The van der Waals surface area contributed by atoms with Gasteiger partial charge in [0.1, 0.15) is 11.7 Å². The number of rotatable bonds is 4. The van der Waals surface area contributed by atoms with Gasteiger partial charge in [-0.05, 0) is 110 Å². The Labute approximate surface area is 247 Å². The molecule has 2 aromatic rings. The van der Waals surface area contributed by atoms with Crippen molar-refractivity contribution in [3.63, 3.8) is 0 Å². The van der Waals surface area contributed by atoms with Crippen molar-refractivity contribution < 1.29 is 14.3 Å². The van der Waals surface area contributed by atoms with Gasteiger partial charge in [-0.15, -0.1) is 0 Å². The van der Waals surface area contributed by atoms with E-state index in [-0.39, 0.29) is 28.7 Å². The van der Waals surface area contributed by atoms with Crippen molar-refractivity contribution in [1.82, 2.24) is 0 Å². The van der Waals surface area contributed by atoms with E-state index < -0.39 is 0 Å².